The first-order valence-corrected chi connectivity index (χ1v) is 15.0. The molecule has 1 aromatic heterocycles. The van der Waals surface area contributed by atoms with Crippen molar-refractivity contribution in [2.45, 2.75) is 30.8 Å². The number of hydrogen-bond acceptors (Lipinski definition) is 9. The monoisotopic (exact) mass is 567 g/mol. The number of thiazole rings is 1. The van der Waals surface area contributed by atoms with Gasteiger partial charge in [-0.15, -0.1) is 0 Å². The molecule has 0 saturated heterocycles. The zero-order valence-corrected chi connectivity index (χ0v) is 23.2. The highest BCUT2D eigenvalue weighted by atomic mass is 32.2. The number of nitrogens with zero attached hydrogens (tertiary/aromatic N) is 1. The lowest BCUT2D eigenvalue weighted by molar-refractivity contribution is -0.123. The van der Waals surface area contributed by atoms with Gasteiger partial charge in [0.15, 0.2) is 26.5 Å². The van der Waals surface area contributed by atoms with Crippen LogP contribution in [0.5, 0.6) is 17.2 Å². The molecule has 204 valence electrons. The van der Waals surface area contributed by atoms with Crippen LogP contribution in [0.1, 0.15) is 31.4 Å². The van der Waals surface area contributed by atoms with Gasteiger partial charge in [-0.05, 0) is 55.2 Å². The number of nitrogen functional groups attached to an aromatic ring is 1. The van der Waals surface area contributed by atoms with Crippen LogP contribution in [0.15, 0.2) is 65.6 Å². The Balaban J connectivity index is 1.41. The lowest BCUT2D eigenvalue weighted by atomic mass is 10.1. The smallest absolute Gasteiger partial charge is 0.271 e. The van der Waals surface area contributed by atoms with Crippen molar-refractivity contribution in [1.29, 1.82) is 0 Å². The molecule has 0 bridgehead atoms. The van der Waals surface area contributed by atoms with Crippen LogP contribution in [-0.4, -0.2) is 38.8 Å². The molecule has 1 aliphatic carbocycles. The summed E-state index contributed by atoms with van der Waals surface area (Å²) < 4.78 is 42.9. The van der Waals surface area contributed by atoms with Gasteiger partial charge < -0.3 is 19.9 Å². The van der Waals surface area contributed by atoms with E-state index in [-0.39, 0.29) is 10.6 Å². The molecule has 0 spiro atoms. The summed E-state index contributed by atoms with van der Waals surface area (Å²) in [5.41, 5.74) is 7.51. The normalized spacial score (nSPS) is 14.1. The van der Waals surface area contributed by atoms with Crippen molar-refractivity contribution in [3.05, 3.63) is 66.2 Å². The third kappa shape index (κ3) is 6.26. The third-order valence-electron chi connectivity index (χ3n) is 6.37. The molecule has 1 aliphatic rings. The zero-order valence-electron chi connectivity index (χ0n) is 21.5. The molecule has 0 radical (unpaired) electrons. The van der Waals surface area contributed by atoms with E-state index >= 15 is 0 Å². The predicted octanol–water partition coefficient (Wildman–Crippen LogP) is 5.23. The van der Waals surface area contributed by atoms with E-state index < -0.39 is 21.8 Å². The number of benzene rings is 3. The van der Waals surface area contributed by atoms with E-state index in [1.54, 1.807) is 50.4 Å². The molecule has 1 unspecified atom stereocenters. The fraction of sp³-hybridized carbons (Fsp3) is 0.286. The molecule has 1 atom stereocenters. The van der Waals surface area contributed by atoms with Gasteiger partial charge in [-0.3, -0.25) is 10.1 Å². The average molecular weight is 568 g/mol. The molecule has 3 N–H and O–H groups in total. The van der Waals surface area contributed by atoms with Crippen molar-refractivity contribution in [3.8, 4) is 17.2 Å². The molecule has 4 aromatic rings. The Bertz CT molecular complexity index is 1580. The minimum atomic E-state index is -3.39. The van der Waals surface area contributed by atoms with Gasteiger partial charge in [0.1, 0.15) is 5.75 Å². The number of sulfone groups is 1. The highest BCUT2D eigenvalue weighted by molar-refractivity contribution is 7.91. The van der Waals surface area contributed by atoms with Crippen LogP contribution in [0.25, 0.3) is 10.2 Å². The molecule has 1 saturated carbocycles. The standard InChI is InChI=1S/C28H29N3O6S2/c1-3-39(33,34)21-12-6-18(7-13-21)26(37-20-10-8-19(29)9-11-20)27(32)31-28-30-22-14-24(36-16-17-4-5-17)23(35-2)15-25(22)38-28/h6-15,17,26H,3-5,16,29H2,1-2H3,(H,30,31,32). The van der Waals surface area contributed by atoms with Gasteiger partial charge in [-0.1, -0.05) is 30.4 Å². The van der Waals surface area contributed by atoms with Crippen LogP contribution in [-0.2, 0) is 14.6 Å². The summed E-state index contributed by atoms with van der Waals surface area (Å²) in [6, 6.07) is 16.5. The highest BCUT2D eigenvalue weighted by Gasteiger charge is 2.26. The number of fused-ring (bicyclic) bond motifs is 1. The number of hydrogen-bond donors (Lipinski definition) is 2. The molecular formula is C28H29N3O6S2. The largest absolute Gasteiger partial charge is 0.493 e. The second-order valence-corrected chi connectivity index (χ2v) is 12.6. The Morgan fingerprint density at radius 2 is 1.82 bits per heavy atom. The number of anilines is 2. The molecule has 3 aromatic carbocycles. The molecule has 39 heavy (non-hydrogen) atoms. The quantitative estimate of drug-likeness (QED) is 0.236. The van der Waals surface area contributed by atoms with E-state index in [1.807, 2.05) is 12.1 Å². The Morgan fingerprint density at radius 3 is 2.46 bits per heavy atom. The number of carbonyl (C=O) groups is 1. The Kier molecular flexibility index (Phi) is 7.62. The van der Waals surface area contributed by atoms with Gasteiger partial charge in [-0.2, -0.15) is 0 Å². The van der Waals surface area contributed by atoms with Crippen LogP contribution in [0.4, 0.5) is 10.8 Å². The molecular weight excluding hydrogens is 538 g/mol. The summed E-state index contributed by atoms with van der Waals surface area (Å²) in [5.74, 6) is 1.76. The summed E-state index contributed by atoms with van der Waals surface area (Å²) in [5, 5.41) is 3.24. The van der Waals surface area contributed by atoms with Gasteiger partial charge >= 0.3 is 0 Å². The Hall–Kier alpha value is -3.83. The lowest BCUT2D eigenvalue weighted by Crippen LogP contribution is -2.25. The fourth-order valence-electron chi connectivity index (χ4n) is 3.90. The first kappa shape index (κ1) is 26.8. The number of aromatic nitrogens is 1. The summed E-state index contributed by atoms with van der Waals surface area (Å²) in [7, 11) is -1.80. The molecule has 9 nitrogen and oxygen atoms in total. The number of methoxy groups -OCH3 is 1. The van der Waals surface area contributed by atoms with Gasteiger partial charge in [0.05, 0.1) is 34.6 Å². The van der Waals surface area contributed by atoms with Crippen molar-refractivity contribution in [2.75, 3.05) is 30.5 Å². The van der Waals surface area contributed by atoms with Crippen molar-refractivity contribution in [3.63, 3.8) is 0 Å². The summed E-state index contributed by atoms with van der Waals surface area (Å²) in [4.78, 5) is 18.3. The fourth-order valence-corrected chi connectivity index (χ4v) is 5.66. The molecule has 1 fully saturated rings. The molecule has 1 heterocycles. The van der Waals surface area contributed by atoms with Crippen molar-refractivity contribution in [2.24, 2.45) is 5.92 Å². The zero-order chi connectivity index (χ0) is 27.6. The molecule has 0 aliphatic heterocycles. The SMILES string of the molecule is CCS(=O)(=O)c1ccc(C(Oc2ccc(N)cc2)C(=O)Nc2nc3cc(OCC4CC4)c(OC)cc3s2)cc1. The maximum absolute atomic E-state index is 13.5. The Morgan fingerprint density at radius 1 is 1.10 bits per heavy atom. The van der Waals surface area contributed by atoms with E-state index in [4.69, 9.17) is 19.9 Å². The van der Waals surface area contributed by atoms with E-state index in [2.05, 4.69) is 10.3 Å². The minimum absolute atomic E-state index is 0.0199. The third-order valence-corrected chi connectivity index (χ3v) is 9.05. The maximum atomic E-state index is 13.5. The first-order chi connectivity index (χ1) is 18.8. The summed E-state index contributed by atoms with van der Waals surface area (Å²) >= 11 is 1.30. The van der Waals surface area contributed by atoms with Gasteiger partial charge in [0, 0.05) is 23.4 Å². The Labute approximate surface area is 230 Å². The number of amides is 1. The number of ether oxygens (including phenoxy) is 3. The van der Waals surface area contributed by atoms with Crippen LogP contribution in [0.3, 0.4) is 0 Å². The van der Waals surface area contributed by atoms with E-state index in [0.717, 1.165) is 4.70 Å². The number of carbonyl (C=O) groups excluding carboxylic acids is 1. The van der Waals surface area contributed by atoms with Gasteiger partial charge in [0.25, 0.3) is 5.91 Å². The van der Waals surface area contributed by atoms with Crippen LogP contribution < -0.4 is 25.3 Å². The number of nitrogens with one attached hydrogen (secondary N) is 1. The first-order valence-electron chi connectivity index (χ1n) is 12.5. The molecule has 11 heteroatoms. The number of rotatable bonds is 11. The molecule has 5 rings (SSSR count). The number of nitrogens with two attached hydrogens (primary N) is 1. The van der Waals surface area contributed by atoms with Gasteiger partial charge in [-0.25, -0.2) is 13.4 Å². The van der Waals surface area contributed by atoms with Crippen molar-refractivity contribution < 1.29 is 27.4 Å². The van der Waals surface area contributed by atoms with Crippen LogP contribution in [0, 0.1) is 5.92 Å². The lowest BCUT2D eigenvalue weighted by Gasteiger charge is -2.19. The van der Waals surface area contributed by atoms with Crippen molar-refractivity contribution >= 4 is 48.1 Å². The second kappa shape index (κ2) is 11.1. The van der Waals surface area contributed by atoms with Gasteiger partial charge in [0.2, 0.25) is 6.10 Å². The van der Waals surface area contributed by atoms with Crippen molar-refractivity contribution in [1.82, 2.24) is 4.98 Å². The van der Waals surface area contributed by atoms with Crippen LogP contribution >= 0.6 is 11.3 Å². The van der Waals surface area contributed by atoms with E-state index in [1.165, 1.54) is 36.3 Å². The minimum Gasteiger partial charge on any atom is -0.493 e. The predicted molar refractivity (Wildman–Crippen MR) is 151 cm³/mol. The van der Waals surface area contributed by atoms with E-state index in [0.29, 0.717) is 51.7 Å². The summed E-state index contributed by atoms with van der Waals surface area (Å²) in [6.45, 7) is 2.22. The highest BCUT2D eigenvalue weighted by Crippen LogP contribution is 2.38. The average Bonchev–Trinajstić information content (AvgIpc) is 3.69. The van der Waals surface area contributed by atoms with Crippen LogP contribution in [0.2, 0.25) is 0 Å². The maximum Gasteiger partial charge on any atom is 0.271 e. The summed E-state index contributed by atoms with van der Waals surface area (Å²) in [6.07, 6.45) is 1.27. The second-order valence-electron chi connectivity index (χ2n) is 9.27. The molecule has 1 amide bonds. The van der Waals surface area contributed by atoms with E-state index in [9.17, 15) is 13.2 Å². The topological polar surface area (TPSA) is 130 Å².